The van der Waals surface area contributed by atoms with Crippen molar-refractivity contribution in [2.75, 3.05) is 18.8 Å². The van der Waals surface area contributed by atoms with Crippen molar-refractivity contribution in [2.24, 2.45) is 0 Å². The van der Waals surface area contributed by atoms with Crippen molar-refractivity contribution >= 4 is 22.8 Å². The zero-order chi connectivity index (χ0) is 23.8. The Bertz CT molecular complexity index is 1400. The molecule has 34 heavy (non-hydrogen) atoms. The Balaban J connectivity index is 1.49. The molecule has 1 aromatic carbocycles. The zero-order valence-electron chi connectivity index (χ0n) is 17.9. The molecule has 1 aliphatic heterocycles. The lowest BCUT2D eigenvalue weighted by molar-refractivity contribution is -0.125. The van der Waals surface area contributed by atoms with Gasteiger partial charge in [-0.05, 0) is 30.7 Å². The van der Waals surface area contributed by atoms with E-state index in [2.05, 4.69) is 21.5 Å². The van der Waals surface area contributed by atoms with Crippen LogP contribution in [0.25, 0.3) is 22.3 Å². The average molecular weight is 463 g/mol. The molecular weight excluding hydrogens is 444 g/mol. The van der Waals surface area contributed by atoms with Crippen molar-refractivity contribution in [3.63, 3.8) is 0 Å². The third kappa shape index (κ3) is 3.70. The Labute approximate surface area is 192 Å². The monoisotopic (exact) mass is 463 g/mol. The minimum atomic E-state index is -1.09. The molecule has 0 saturated carbocycles. The number of aromatic nitrogens is 5. The van der Waals surface area contributed by atoms with E-state index in [1.807, 2.05) is 0 Å². The minimum Gasteiger partial charge on any atom is -0.436 e. The summed E-state index contributed by atoms with van der Waals surface area (Å²) in [5, 5.41) is 5.30. The fourth-order valence-corrected chi connectivity index (χ4v) is 3.98. The fraction of sp³-hybridized carbons (Fsp3) is 0.174. The van der Waals surface area contributed by atoms with E-state index in [1.165, 1.54) is 36.8 Å². The number of halogens is 2. The highest BCUT2D eigenvalue weighted by Crippen LogP contribution is 2.34. The molecule has 1 atom stereocenters. The fourth-order valence-electron chi connectivity index (χ4n) is 3.98. The molecule has 9 nitrogen and oxygen atoms in total. The highest BCUT2D eigenvalue weighted by molar-refractivity contribution is 5.98. The number of anilines is 1. The maximum Gasteiger partial charge on any atom is 0.246 e. The van der Waals surface area contributed by atoms with Gasteiger partial charge in [0, 0.05) is 30.9 Å². The highest BCUT2D eigenvalue weighted by Gasteiger charge is 2.30. The molecule has 0 unspecified atom stereocenters. The second-order valence-electron chi connectivity index (χ2n) is 7.72. The van der Waals surface area contributed by atoms with E-state index in [-0.39, 0.29) is 29.4 Å². The number of rotatable bonds is 5. The van der Waals surface area contributed by atoms with Crippen molar-refractivity contribution in [3.05, 3.63) is 67.1 Å². The predicted molar refractivity (Wildman–Crippen MR) is 120 cm³/mol. The second kappa shape index (κ2) is 8.50. The van der Waals surface area contributed by atoms with Gasteiger partial charge in [-0.3, -0.25) is 4.79 Å². The third-order valence-electron chi connectivity index (χ3n) is 5.65. The Morgan fingerprint density at radius 1 is 1.21 bits per heavy atom. The van der Waals surface area contributed by atoms with E-state index in [0.29, 0.717) is 41.8 Å². The number of pyridine rings is 1. The standard InChI is InChI=1S/C23H19F2N7O2/c1-2-18(33)31-9-8-14(11-31)32-23-19(22(26)28-12-29-23)21(30-32)13-6-7-17(27-10-13)34-16-5-3-4-15(24)20(16)25/h2-7,10,12,14H,1,8-9,11H2,(H2,26,28,29)/t14-/m1/s1. The zero-order valence-corrected chi connectivity index (χ0v) is 17.9. The van der Waals surface area contributed by atoms with Crippen LogP contribution in [0.1, 0.15) is 12.5 Å². The lowest BCUT2D eigenvalue weighted by Crippen LogP contribution is -2.27. The maximum absolute atomic E-state index is 13.9. The van der Waals surface area contributed by atoms with E-state index in [4.69, 9.17) is 15.6 Å². The Morgan fingerprint density at radius 3 is 2.82 bits per heavy atom. The number of ether oxygens (including phenoxy) is 1. The van der Waals surface area contributed by atoms with Crippen LogP contribution in [0.15, 0.2) is 55.5 Å². The first-order valence-corrected chi connectivity index (χ1v) is 10.4. The smallest absolute Gasteiger partial charge is 0.246 e. The molecule has 0 spiro atoms. The van der Waals surface area contributed by atoms with E-state index in [1.54, 1.807) is 15.6 Å². The van der Waals surface area contributed by atoms with Crippen LogP contribution in [0, 0.1) is 11.6 Å². The largest absolute Gasteiger partial charge is 0.436 e. The molecule has 1 fully saturated rings. The van der Waals surface area contributed by atoms with Gasteiger partial charge in [-0.25, -0.2) is 24.0 Å². The Kier molecular flexibility index (Phi) is 5.36. The molecule has 2 N–H and O–H groups in total. The number of carbonyl (C=O) groups excluding carboxylic acids is 1. The van der Waals surface area contributed by atoms with E-state index >= 15 is 0 Å². The third-order valence-corrected chi connectivity index (χ3v) is 5.65. The molecule has 5 rings (SSSR count). The van der Waals surface area contributed by atoms with Crippen molar-refractivity contribution < 1.29 is 18.3 Å². The summed E-state index contributed by atoms with van der Waals surface area (Å²) < 4.78 is 34.5. The first-order valence-electron chi connectivity index (χ1n) is 10.4. The normalized spacial score (nSPS) is 15.6. The van der Waals surface area contributed by atoms with Crippen LogP contribution < -0.4 is 10.5 Å². The van der Waals surface area contributed by atoms with Gasteiger partial charge in [-0.2, -0.15) is 9.49 Å². The molecule has 3 aromatic heterocycles. The first kappa shape index (κ1) is 21.4. The van der Waals surface area contributed by atoms with Crippen LogP contribution in [-0.4, -0.2) is 48.6 Å². The highest BCUT2D eigenvalue weighted by atomic mass is 19.2. The van der Waals surface area contributed by atoms with Crippen LogP contribution in [0.2, 0.25) is 0 Å². The number of nitrogens with two attached hydrogens (primary N) is 1. The van der Waals surface area contributed by atoms with Gasteiger partial charge < -0.3 is 15.4 Å². The van der Waals surface area contributed by atoms with E-state index in [9.17, 15) is 13.6 Å². The lowest BCUT2D eigenvalue weighted by Gasteiger charge is -2.14. The van der Waals surface area contributed by atoms with Crippen LogP contribution in [-0.2, 0) is 4.79 Å². The van der Waals surface area contributed by atoms with Gasteiger partial charge in [0.2, 0.25) is 17.6 Å². The first-order chi connectivity index (χ1) is 16.5. The van der Waals surface area contributed by atoms with Gasteiger partial charge >= 0.3 is 0 Å². The Morgan fingerprint density at radius 2 is 2.06 bits per heavy atom. The topological polar surface area (TPSA) is 112 Å². The van der Waals surface area contributed by atoms with E-state index in [0.717, 1.165) is 6.07 Å². The van der Waals surface area contributed by atoms with Crippen LogP contribution in [0.5, 0.6) is 11.6 Å². The van der Waals surface area contributed by atoms with Crippen molar-refractivity contribution in [2.45, 2.75) is 12.5 Å². The van der Waals surface area contributed by atoms with Gasteiger partial charge in [0.1, 0.15) is 17.8 Å². The number of hydrogen-bond acceptors (Lipinski definition) is 7. The van der Waals surface area contributed by atoms with Crippen LogP contribution >= 0.6 is 0 Å². The van der Waals surface area contributed by atoms with Gasteiger partial charge in [0.15, 0.2) is 17.2 Å². The molecule has 1 aliphatic rings. The number of nitrogens with zero attached hydrogens (tertiary/aromatic N) is 6. The summed E-state index contributed by atoms with van der Waals surface area (Å²) >= 11 is 0. The van der Waals surface area contributed by atoms with Crippen molar-refractivity contribution in [1.29, 1.82) is 0 Å². The van der Waals surface area contributed by atoms with Gasteiger partial charge in [-0.1, -0.05) is 12.6 Å². The number of fused-ring (bicyclic) bond motifs is 1. The summed E-state index contributed by atoms with van der Waals surface area (Å²) in [6, 6.07) is 6.76. The molecule has 4 heterocycles. The van der Waals surface area contributed by atoms with Crippen molar-refractivity contribution in [1.82, 2.24) is 29.6 Å². The quantitative estimate of drug-likeness (QED) is 0.451. The Hall–Kier alpha value is -4.41. The van der Waals surface area contributed by atoms with Crippen LogP contribution in [0.4, 0.5) is 14.6 Å². The van der Waals surface area contributed by atoms with Gasteiger partial charge in [0.25, 0.3) is 0 Å². The lowest BCUT2D eigenvalue weighted by atomic mass is 10.1. The van der Waals surface area contributed by atoms with E-state index < -0.39 is 11.6 Å². The summed E-state index contributed by atoms with van der Waals surface area (Å²) in [6.07, 6.45) is 4.85. The van der Waals surface area contributed by atoms with Gasteiger partial charge in [0.05, 0.1) is 11.4 Å². The number of benzene rings is 1. The molecule has 11 heteroatoms. The summed E-state index contributed by atoms with van der Waals surface area (Å²) in [7, 11) is 0. The van der Waals surface area contributed by atoms with Crippen molar-refractivity contribution in [3.8, 4) is 22.9 Å². The molecular formula is C23H19F2N7O2. The molecule has 0 aliphatic carbocycles. The molecule has 1 amide bonds. The average Bonchev–Trinajstić information content (AvgIpc) is 3.48. The van der Waals surface area contributed by atoms with Gasteiger partial charge in [-0.15, -0.1) is 0 Å². The summed E-state index contributed by atoms with van der Waals surface area (Å²) in [5.41, 5.74) is 7.82. The van der Waals surface area contributed by atoms with Crippen LogP contribution in [0.3, 0.4) is 0 Å². The maximum atomic E-state index is 13.9. The number of nitrogen functional groups attached to an aromatic ring is 1. The number of amides is 1. The number of carbonyl (C=O) groups is 1. The summed E-state index contributed by atoms with van der Waals surface area (Å²) in [4.78, 5) is 26.4. The molecule has 172 valence electrons. The summed E-state index contributed by atoms with van der Waals surface area (Å²) in [5.74, 6) is -2.18. The molecule has 0 radical (unpaired) electrons. The molecule has 0 bridgehead atoms. The molecule has 1 saturated heterocycles. The number of likely N-dealkylation sites (tertiary alicyclic amines) is 1. The predicted octanol–water partition coefficient (Wildman–Crippen LogP) is 3.50. The number of hydrogen-bond donors (Lipinski definition) is 1. The second-order valence-corrected chi connectivity index (χ2v) is 7.72. The SMILES string of the molecule is C=CC(=O)N1CC[C@@H](n2nc(-c3ccc(Oc4cccc(F)c4F)nc3)c3c(N)ncnc32)C1. The summed E-state index contributed by atoms with van der Waals surface area (Å²) in [6.45, 7) is 4.59. The minimum absolute atomic E-state index is 0.0792. The molecule has 4 aromatic rings.